The molecule has 1 atom stereocenters. The van der Waals surface area contributed by atoms with Gasteiger partial charge in [-0.15, -0.1) is 11.3 Å². The van der Waals surface area contributed by atoms with Gasteiger partial charge in [0.15, 0.2) is 6.10 Å². The van der Waals surface area contributed by atoms with E-state index < -0.39 is 23.9 Å². The smallest absolute Gasteiger partial charge is 0.375 e. The van der Waals surface area contributed by atoms with Gasteiger partial charge in [-0.1, -0.05) is 18.2 Å². The van der Waals surface area contributed by atoms with Crippen LogP contribution in [0.25, 0.3) is 0 Å². The Morgan fingerprint density at radius 1 is 1.14 bits per heavy atom. The Morgan fingerprint density at radius 2 is 1.90 bits per heavy atom. The number of hydrogen-bond donors (Lipinski definition) is 2. The third-order valence-corrected chi connectivity index (χ3v) is 4.64. The summed E-state index contributed by atoms with van der Waals surface area (Å²) in [6, 6.07) is 13.7. The SMILES string of the molecule is C[C@@H](OC(=O)c1ccc(COc2ccccc2)o1)C(=O)Nc1sccc1C(N)=O. The Hall–Kier alpha value is -3.59. The average molecular weight is 414 g/mol. The van der Waals surface area contributed by atoms with Crippen LogP contribution in [-0.4, -0.2) is 23.9 Å². The number of hydrogen-bond acceptors (Lipinski definition) is 7. The van der Waals surface area contributed by atoms with E-state index in [-0.39, 0.29) is 17.9 Å². The zero-order valence-corrected chi connectivity index (χ0v) is 16.2. The van der Waals surface area contributed by atoms with Crippen LogP contribution in [-0.2, 0) is 16.1 Å². The molecule has 3 rings (SSSR count). The molecule has 2 aromatic heterocycles. The van der Waals surface area contributed by atoms with Gasteiger partial charge in [0.2, 0.25) is 5.76 Å². The number of thiophene rings is 1. The molecule has 0 saturated heterocycles. The number of nitrogens with two attached hydrogens (primary N) is 1. The van der Waals surface area contributed by atoms with Crippen molar-refractivity contribution in [2.45, 2.75) is 19.6 Å². The fraction of sp³-hybridized carbons (Fsp3) is 0.150. The van der Waals surface area contributed by atoms with Gasteiger partial charge in [0, 0.05) is 0 Å². The summed E-state index contributed by atoms with van der Waals surface area (Å²) in [5.41, 5.74) is 5.43. The minimum Gasteiger partial charge on any atom is -0.486 e. The monoisotopic (exact) mass is 414 g/mol. The number of esters is 1. The standard InChI is InChI=1S/C20H18N2O6S/c1-12(18(24)22-19-15(17(21)23)9-10-29-19)27-20(25)16-8-7-14(28-16)11-26-13-5-3-2-4-6-13/h2-10,12H,11H2,1H3,(H2,21,23)(H,22,24)/t12-/m1/s1. The molecule has 0 fully saturated rings. The highest BCUT2D eigenvalue weighted by Gasteiger charge is 2.23. The number of benzene rings is 1. The van der Waals surface area contributed by atoms with Crippen LogP contribution in [0.5, 0.6) is 5.75 Å². The predicted molar refractivity (Wildman–Crippen MR) is 106 cm³/mol. The summed E-state index contributed by atoms with van der Waals surface area (Å²) < 4.78 is 16.1. The van der Waals surface area contributed by atoms with Crippen molar-refractivity contribution in [1.82, 2.24) is 0 Å². The molecular weight excluding hydrogens is 396 g/mol. The third-order valence-electron chi connectivity index (χ3n) is 3.81. The molecule has 0 spiro atoms. The summed E-state index contributed by atoms with van der Waals surface area (Å²) >= 11 is 1.14. The Labute approximate surface area is 170 Å². The maximum absolute atomic E-state index is 12.2. The number of primary amides is 1. The second-order valence-corrected chi connectivity index (χ2v) is 6.85. The highest BCUT2D eigenvalue weighted by molar-refractivity contribution is 7.14. The van der Waals surface area contributed by atoms with Crippen molar-refractivity contribution in [3.8, 4) is 5.75 Å². The lowest BCUT2D eigenvalue weighted by molar-refractivity contribution is -0.123. The van der Waals surface area contributed by atoms with E-state index >= 15 is 0 Å². The van der Waals surface area contributed by atoms with Crippen LogP contribution >= 0.6 is 11.3 Å². The van der Waals surface area contributed by atoms with E-state index in [4.69, 9.17) is 19.6 Å². The van der Waals surface area contributed by atoms with E-state index in [1.807, 2.05) is 18.2 Å². The number of ether oxygens (including phenoxy) is 2. The first-order chi connectivity index (χ1) is 13.9. The van der Waals surface area contributed by atoms with E-state index in [1.54, 1.807) is 23.6 Å². The zero-order chi connectivity index (χ0) is 20.8. The molecule has 0 aliphatic rings. The molecule has 9 heteroatoms. The number of amides is 2. The molecule has 0 aliphatic carbocycles. The normalized spacial score (nSPS) is 11.5. The molecule has 2 amide bonds. The lowest BCUT2D eigenvalue weighted by Gasteiger charge is -2.12. The predicted octanol–water partition coefficient (Wildman–Crippen LogP) is 3.20. The molecule has 0 aliphatic heterocycles. The van der Waals surface area contributed by atoms with Gasteiger partial charge in [-0.05, 0) is 42.6 Å². The largest absolute Gasteiger partial charge is 0.486 e. The van der Waals surface area contributed by atoms with Crippen molar-refractivity contribution in [2.75, 3.05) is 5.32 Å². The molecular formula is C20H18N2O6S. The van der Waals surface area contributed by atoms with Crippen molar-refractivity contribution in [3.05, 3.63) is 71.0 Å². The first-order valence-electron chi connectivity index (χ1n) is 8.59. The second-order valence-electron chi connectivity index (χ2n) is 5.93. The Balaban J connectivity index is 1.54. The van der Waals surface area contributed by atoms with E-state index in [0.29, 0.717) is 16.5 Å². The molecule has 3 N–H and O–H groups in total. The summed E-state index contributed by atoms with van der Waals surface area (Å²) in [7, 11) is 0. The van der Waals surface area contributed by atoms with Crippen LogP contribution in [0.1, 0.15) is 33.6 Å². The van der Waals surface area contributed by atoms with Gasteiger partial charge in [-0.3, -0.25) is 9.59 Å². The molecule has 0 unspecified atom stereocenters. The number of carbonyl (C=O) groups is 3. The van der Waals surface area contributed by atoms with E-state index in [2.05, 4.69) is 5.32 Å². The minimum atomic E-state index is -1.11. The number of carbonyl (C=O) groups excluding carboxylic acids is 3. The van der Waals surface area contributed by atoms with Crippen LogP contribution in [0.2, 0.25) is 0 Å². The van der Waals surface area contributed by atoms with Gasteiger partial charge in [0.1, 0.15) is 23.1 Å². The minimum absolute atomic E-state index is 0.0507. The van der Waals surface area contributed by atoms with Gasteiger partial charge >= 0.3 is 5.97 Å². The van der Waals surface area contributed by atoms with Crippen LogP contribution in [0.15, 0.2) is 58.3 Å². The summed E-state index contributed by atoms with van der Waals surface area (Å²) in [5.74, 6) is -0.996. The molecule has 150 valence electrons. The zero-order valence-electron chi connectivity index (χ0n) is 15.4. The average Bonchev–Trinajstić information content (AvgIpc) is 3.36. The topological polar surface area (TPSA) is 121 Å². The van der Waals surface area contributed by atoms with Gasteiger partial charge in [-0.2, -0.15) is 0 Å². The molecule has 2 heterocycles. The fourth-order valence-corrected chi connectivity index (χ4v) is 3.12. The number of anilines is 1. The maximum Gasteiger partial charge on any atom is 0.375 e. The highest BCUT2D eigenvalue weighted by atomic mass is 32.1. The van der Waals surface area contributed by atoms with Crippen LogP contribution in [0.3, 0.4) is 0 Å². The number of para-hydroxylation sites is 1. The number of furan rings is 1. The van der Waals surface area contributed by atoms with Crippen molar-refractivity contribution in [3.63, 3.8) is 0 Å². The van der Waals surface area contributed by atoms with Gasteiger partial charge in [0.25, 0.3) is 11.8 Å². The maximum atomic E-state index is 12.2. The van der Waals surface area contributed by atoms with E-state index in [9.17, 15) is 14.4 Å². The third kappa shape index (κ3) is 5.23. The van der Waals surface area contributed by atoms with E-state index in [0.717, 1.165) is 11.3 Å². The lowest BCUT2D eigenvalue weighted by Crippen LogP contribution is -2.30. The van der Waals surface area contributed by atoms with Crippen LogP contribution < -0.4 is 15.8 Å². The van der Waals surface area contributed by atoms with Crippen molar-refractivity contribution >= 4 is 34.1 Å². The number of rotatable bonds is 8. The molecule has 0 saturated carbocycles. The molecule has 3 aromatic rings. The molecule has 0 bridgehead atoms. The Morgan fingerprint density at radius 3 is 2.62 bits per heavy atom. The van der Waals surface area contributed by atoms with Gasteiger partial charge in [-0.25, -0.2) is 4.79 Å². The van der Waals surface area contributed by atoms with Crippen molar-refractivity contribution < 1.29 is 28.3 Å². The fourth-order valence-electron chi connectivity index (χ4n) is 2.32. The molecule has 8 nitrogen and oxygen atoms in total. The Bertz CT molecular complexity index is 1010. The molecule has 29 heavy (non-hydrogen) atoms. The summed E-state index contributed by atoms with van der Waals surface area (Å²) in [6.45, 7) is 1.55. The summed E-state index contributed by atoms with van der Waals surface area (Å²) in [4.78, 5) is 35.8. The van der Waals surface area contributed by atoms with Crippen molar-refractivity contribution in [2.24, 2.45) is 5.73 Å². The van der Waals surface area contributed by atoms with E-state index in [1.165, 1.54) is 19.1 Å². The number of nitrogens with one attached hydrogen (secondary N) is 1. The van der Waals surface area contributed by atoms with Crippen molar-refractivity contribution in [1.29, 1.82) is 0 Å². The highest BCUT2D eigenvalue weighted by Crippen LogP contribution is 2.23. The first kappa shape index (κ1) is 20.2. The lowest BCUT2D eigenvalue weighted by atomic mass is 10.3. The molecule has 1 aromatic carbocycles. The molecule has 0 radical (unpaired) electrons. The second kappa shape index (κ2) is 9.07. The first-order valence-corrected chi connectivity index (χ1v) is 9.47. The van der Waals surface area contributed by atoms with Crippen LogP contribution in [0.4, 0.5) is 5.00 Å². The summed E-state index contributed by atoms with van der Waals surface area (Å²) in [5, 5.41) is 4.44. The quantitative estimate of drug-likeness (QED) is 0.546. The van der Waals surface area contributed by atoms with Gasteiger partial charge in [0.05, 0.1) is 5.56 Å². The summed E-state index contributed by atoms with van der Waals surface area (Å²) in [6.07, 6.45) is -1.11. The van der Waals surface area contributed by atoms with Crippen LogP contribution in [0, 0.1) is 0 Å². The van der Waals surface area contributed by atoms with Gasteiger partial charge < -0.3 is 24.9 Å². The Kier molecular flexibility index (Phi) is 6.30.